The number of hydrogen-bond acceptors (Lipinski definition) is 3. The molecule has 2 rings (SSSR count). The summed E-state index contributed by atoms with van der Waals surface area (Å²) in [6.45, 7) is 3.30. The molecule has 3 heteroatoms. The van der Waals surface area contributed by atoms with Crippen LogP contribution in [0.4, 0.5) is 0 Å². The molecule has 0 saturated heterocycles. The van der Waals surface area contributed by atoms with Gasteiger partial charge >= 0.3 is 0 Å². The fourth-order valence-electron chi connectivity index (χ4n) is 3.26. The van der Waals surface area contributed by atoms with E-state index < -0.39 is 0 Å². The molecule has 0 radical (unpaired) electrons. The van der Waals surface area contributed by atoms with Crippen LogP contribution >= 0.6 is 0 Å². The lowest BCUT2D eigenvalue weighted by atomic mass is 9.99. The van der Waals surface area contributed by atoms with E-state index in [0.29, 0.717) is 0 Å². The molecule has 1 saturated carbocycles. The van der Waals surface area contributed by atoms with Crippen LogP contribution in [-0.2, 0) is 0 Å². The molecule has 0 bridgehead atoms. The molecule has 2 unspecified atom stereocenters. The first-order chi connectivity index (χ1) is 9.22. The molecule has 1 heterocycles. The van der Waals surface area contributed by atoms with Crippen molar-refractivity contribution in [3.8, 4) is 0 Å². The zero-order valence-electron chi connectivity index (χ0n) is 12.3. The SMILES string of the molecule is CCC(N)C(c1ccccn1)N(C)CC1CCCC1. The number of rotatable bonds is 6. The molecule has 2 N–H and O–H groups in total. The van der Waals surface area contributed by atoms with Gasteiger partial charge in [-0.3, -0.25) is 9.88 Å². The Hall–Kier alpha value is -0.930. The predicted molar refractivity (Wildman–Crippen MR) is 79.8 cm³/mol. The highest BCUT2D eigenvalue weighted by atomic mass is 15.2. The van der Waals surface area contributed by atoms with E-state index in [-0.39, 0.29) is 12.1 Å². The highest BCUT2D eigenvalue weighted by Crippen LogP contribution is 2.29. The van der Waals surface area contributed by atoms with Crippen LogP contribution in [0.15, 0.2) is 24.4 Å². The maximum absolute atomic E-state index is 6.34. The van der Waals surface area contributed by atoms with E-state index in [2.05, 4.69) is 36.0 Å². The fourth-order valence-corrected chi connectivity index (χ4v) is 3.26. The Morgan fingerprint density at radius 2 is 2.11 bits per heavy atom. The highest BCUT2D eigenvalue weighted by Gasteiger charge is 2.27. The van der Waals surface area contributed by atoms with Crippen molar-refractivity contribution < 1.29 is 0 Å². The van der Waals surface area contributed by atoms with Gasteiger partial charge in [0.1, 0.15) is 0 Å². The van der Waals surface area contributed by atoms with Crippen molar-refractivity contribution in [3.63, 3.8) is 0 Å². The van der Waals surface area contributed by atoms with Gasteiger partial charge in [-0.25, -0.2) is 0 Å². The molecule has 0 amide bonds. The molecule has 106 valence electrons. The molecule has 0 spiro atoms. The van der Waals surface area contributed by atoms with Crippen LogP contribution in [0.3, 0.4) is 0 Å². The molecular weight excluding hydrogens is 234 g/mol. The van der Waals surface area contributed by atoms with Crippen LogP contribution in [0.2, 0.25) is 0 Å². The van der Waals surface area contributed by atoms with Crippen LogP contribution in [0.1, 0.15) is 50.8 Å². The number of pyridine rings is 1. The van der Waals surface area contributed by atoms with Crippen LogP contribution in [0, 0.1) is 5.92 Å². The minimum absolute atomic E-state index is 0.154. The number of nitrogens with zero attached hydrogens (tertiary/aromatic N) is 2. The third-order valence-electron chi connectivity index (χ3n) is 4.36. The lowest BCUT2D eigenvalue weighted by Gasteiger charge is -2.33. The Kier molecular flexibility index (Phi) is 5.34. The van der Waals surface area contributed by atoms with Gasteiger partial charge in [0.2, 0.25) is 0 Å². The maximum atomic E-state index is 6.34. The Morgan fingerprint density at radius 1 is 1.37 bits per heavy atom. The van der Waals surface area contributed by atoms with E-state index in [1.165, 1.54) is 25.7 Å². The third kappa shape index (κ3) is 3.77. The average Bonchev–Trinajstić information content (AvgIpc) is 2.93. The second kappa shape index (κ2) is 7.01. The monoisotopic (exact) mass is 261 g/mol. The minimum Gasteiger partial charge on any atom is -0.326 e. The standard InChI is InChI=1S/C16H27N3/c1-3-14(17)16(15-10-6-7-11-18-15)19(2)12-13-8-4-5-9-13/h6-7,10-11,13-14,16H,3-5,8-9,12,17H2,1-2H3. The van der Waals surface area contributed by atoms with Gasteiger partial charge in [0, 0.05) is 18.8 Å². The molecule has 1 fully saturated rings. The summed E-state index contributed by atoms with van der Waals surface area (Å²) in [5.41, 5.74) is 7.45. The average molecular weight is 261 g/mol. The van der Waals surface area contributed by atoms with Crippen molar-refractivity contribution in [3.05, 3.63) is 30.1 Å². The Bertz CT molecular complexity index is 360. The molecule has 0 aromatic carbocycles. The van der Waals surface area contributed by atoms with Crippen molar-refractivity contribution >= 4 is 0 Å². The van der Waals surface area contributed by atoms with Gasteiger partial charge in [0.05, 0.1) is 11.7 Å². The summed E-state index contributed by atoms with van der Waals surface area (Å²) in [7, 11) is 2.20. The summed E-state index contributed by atoms with van der Waals surface area (Å²) in [6.07, 6.45) is 8.39. The summed E-state index contributed by atoms with van der Waals surface area (Å²) < 4.78 is 0. The summed E-state index contributed by atoms with van der Waals surface area (Å²) in [4.78, 5) is 6.95. The minimum atomic E-state index is 0.154. The van der Waals surface area contributed by atoms with Crippen LogP contribution in [0.5, 0.6) is 0 Å². The first-order valence-corrected chi connectivity index (χ1v) is 7.59. The molecule has 19 heavy (non-hydrogen) atoms. The fraction of sp³-hybridized carbons (Fsp3) is 0.688. The summed E-state index contributed by atoms with van der Waals surface area (Å²) in [5.74, 6) is 0.847. The van der Waals surface area contributed by atoms with Gasteiger partial charge in [-0.15, -0.1) is 0 Å². The number of hydrogen-bond donors (Lipinski definition) is 1. The van der Waals surface area contributed by atoms with E-state index in [9.17, 15) is 0 Å². The molecule has 3 nitrogen and oxygen atoms in total. The van der Waals surface area contributed by atoms with Gasteiger partial charge in [-0.2, -0.15) is 0 Å². The normalized spacial score (nSPS) is 19.8. The summed E-state index contributed by atoms with van der Waals surface area (Å²) in [6, 6.07) is 6.52. The quantitative estimate of drug-likeness (QED) is 0.856. The second-order valence-corrected chi connectivity index (χ2v) is 5.86. The Morgan fingerprint density at radius 3 is 2.68 bits per heavy atom. The van der Waals surface area contributed by atoms with Gasteiger partial charge in [-0.05, 0) is 44.4 Å². The molecule has 1 aliphatic carbocycles. The molecule has 0 aliphatic heterocycles. The second-order valence-electron chi connectivity index (χ2n) is 5.86. The Labute approximate surface area is 117 Å². The topological polar surface area (TPSA) is 42.1 Å². The van der Waals surface area contributed by atoms with Crippen molar-refractivity contribution in [1.29, 1.82) is 0 Å². The first-order valence-electron chi connectivity index (χ1n) is 7.59. The molecule has 1 aliphatic rings. The van der Waals surface area contributed by atoms with Crippen molar-refractivity contribution in [2.45, 2.75) is 51.1 Å². The van der Waals surface area contributed by atoms with E-state index >= 15 is 0 Å². The largest absolute Gasteiger partial charge is 0.326 e. The van der Waals surface area contributed by atoms with Crippen LogP contribution in [-0.4, -0.2) is 29.5 Å². The summed E-state index contributed by atoms with van der Waals surface area (Å²) >= 11 is 0. The maximum Gasteiger partial charge on any atom is 0.0671 e. The molecule has 1 aromatic heterocycles. The van der Waals surface area contributed by atoms with Gasteiger partial charge in [0.15, 0.2) is 0 Å². The zero-order chi connectivity index (χ0) is 13.7. The van der Waals surface area contributed by atoms with Crippen LogP contribution < -0.4 is 5.73 Å². The molecular formula is C16H27N3. The number of likely N-dealkylation sites (N-methyl/N-ethyl adjacent to an activating group) is 1. The molecule has 1 aromatic rings. The highest BCUT2D eigenvalue weighted by molar-refractivity contribution is 5.11. The summed E-state index contributed by atoms with van der Waals surface area (Å²) in [5, 5.41) is 0. The van der Waals surface area contributed by atoms with E-state index in [1.807, 2.05) is 12.3 Å². The lowest BCUT2D eigenvalue weighted by Crippen LogP contribution is -2.41. The van der Waals surface area contributed by atoms with Crippen LogP contribution in [0.25, 0.3) is 0 Å². The van der Waals surface area contributed by atoms with Crippen molar-refractivity contribution in [1.82, 2.24) is 9.88 Å². The van der Waals surface area contributed by atoms with Gasteiger partial charge in [0.25, 0.3) is 0 Å². The lowest BCUT2D eigenvalue weighted by molar-refractivity contribution is 0.177. The smallest absolute Gasteiger partial charge is 0.0671 e. The van der Waals surface area contributed by atoms with Gasteiger partial charge < -0.3 is 5.73 Å². The number of nitrogens with two attached hydrogens (primary N) is 1. The number of aromatic nitrogens is 1. The van der Waals surface area contributed by atoms with Crippen molar-refractivity contribution in [2.24, 2.45) is 11.7 Å². The predicted octanol–water partition coefficient (Wildman–Crippen LogP) is 2.98. The van der Waals surface area contributed by atoms with E-state index in [4.69, 9.17) is 5.73 Å². The first kappa shape index (κ1) is 14.5. The Balaban J connectivity index is 2.08. The van der Waals surface area contributed by atoms with E-state index in [0.717, 1.165) is 24.6 Å². The zero-order valence-corrected chi connectivity index (χ0v) is 12.3. The third-order valence-corrected chi connectivity index (χ3v) is 4.36. The van der Waals surface area contributed by atoms with Crippen molar-refractivity contribution in [2.75, 3.05) is 13.6 Å². The van der Waals surface area contributed by atoms with E-state index in [1.54, 1.807) is 0 Å². The molecule has 2 atom stereocenters. The van der Waals surface area contributed by atoms with Gasteiger partial charge in [-0.1, -0.05) is 25.8 Å².